The Bertz CT molecular complexity index is 1110. The first-order valence-corrected chi connectivity index (χ1v) is 11.4. The standard InChI is InChI=1S/C24H24N4O3S/c1-31-20-10-4-17(5-11-20)15-28-23(22(24(29)30)26-27-28)32-21-12-8-19(9-13-21)18-6-2-16(14-25)3-7-18/h2-7,10-11,19,21H,8-9,12-13,15H2,1H3,(H,29,30). The van der Waals surface area contributed by atoms with Gasteiger partial charge in [-0.2, -0.15) is 5.26 Å². The summed E-state index contributed by atoms with van der Waals surface area (Å²) in [7, 11) is 1.62. The molecule has 164 valence electrons. The predicted octanol–water partition coefficient (Wildman–Crippen LogP) is 4.72. The monoisotopic (exact) mass is 448 g/mol. The fraction of sp³-hybridized carbons (Fsp3) is 0.333. The Labute approximate surface area is 191 Å². The summed E-state index contributed by atoms with van der Waals surface area (Å²) in [5.74, 6) is 0.188. The number of thioether (sulfide) groups is 1. The largest absolute Gasteiger partial charge is 0.497 e. The SMILES string of the molecule is COc1ccc(Cn2nnc(C(=O)O)c2SC2CCC(c3ccc(C#N)cc3)CC2)cc1. The highest BCUT2D eigenvalue weighted by atomic mass is 32.2. The summed E-state index contributed by atoms with van der Waals surface area (Å²) in [5, 5.41) is 27.6. The Kier molecular flexibility index (Phi) is 6.76. The Morgan fingerprint density at radius 1 is 1.16 bits per heavy atom. The van der Waals surface area contributed by atoms with Crippen LogP contribution in [0.15, 0.2) is 53.6 Å². The van der Waals surface area contributed by atoms with Gasteiger partial charge in [0.25, 0.3) is 0 Å². The first-order valence-electron chi connectivity index (χ1n) is 10.5. The fourth-order valence-corrected chi connectivity index (χ4v) is 5.35. The lowest BCUT2D eigenvalue weighted by molar-refractivity contribution is 0.0686. The van der Waals surface area contributed by atoms with Gasteiger partial charge in [-0.05, 0) is 67.0 Å². The first kappa shape index (κ1) is 21.9. The molecular weight excluding hydrogens is 424 g/mol. The molecule has 0 bridgehead atoms. The summed E-state index contributed by atoms with van der Waals surface area (Å²) in [6.07, 6.45) is 4.04. The molecule has 7 nitrogen and oxygen atoms in total. The van der Waals surface area contributed by atoms with Gasteiger partial charge in [0.05, 0.1) is 25.3 Å². The van der Waals surface area contributed by atoms with E-state index in [1.807, 2.05) is 48.5 Å². The number of nitrogens with zero attached hydrogens (tertiary/aromatic N) is 4. The molecular formula is C24H24N4O3S. The molecule has 3 aromatic rings. The molecule has 1 aliphatic rings. The third-order valence-electron chi connectivity index (χ3n) is 5.85. The van der Waals surface area contributed by atoms with Crippen molar-refractivity contribution in [1.82, 2.24) is 15.0 Å². The lowest BCUT2D eigenvalue weighted by atomic mass is 9.83. The second-order valence-corrected chi connectivity index (χ2v) is 9.17. The number of aromatic nitrogens is 3. The van der Waals surface area contributed by atoms with E-state index >= 15 is 0 Å². The van der Waals surface area contributed by atoms with Crippen LogP contribution in [0.3, 0.4) is 0 Å². The zero-order chi connectivity index (χ0) is 22.5. The van der Waals surface area contributed by atoms with Crippen molar-refractivity contribution in [3.05, 3.63) is 70.9 Å². The smallest absolute Gasteiger partial charge is 0.359 e. The number of aromatic carboxylic acids is 1. The van der Waals surface area contributed by atoms with Gasteiger partial charge in [-0.15, -0.1) is 16.9 Å². The van der Waals surface area contributed by atoms with Crippen LogP contribution in [-0.4, -0.2) is 38.4 Å². The molecule has 2 aromatic carbocycles. The van der Waals surface area contributed by atoms with Crippen molar-refractivity contribution >= 4 is 17.7 Å². The summed E-state index contributed by atoms with van der Waals surface area (Å²) in [4.78, 5) is 11.7. The topological polar surface area (TPSA) is 101 Å². The molecule has 0 aliphatic heterocycles. The van der Waals surface area contributed by atoms with Gasteiger partial charge in [0, 0.05) is 5.25 Å². The second-order valence-electron chi connectivity index (χ2n) is 7.88. The molecule has 0 unspecified atom stereocenters. The summed E-state index contributed by atoms with van der Waals surface area (Å²) in [6, 6.07) is 17.6. The molecule has 0 spiro atoms. The van der Waals surface area contributed by atoms with Gasteiger partial charge in [-0.1, -0.05) is 29.5 Å². The second kappa shape index (κ2) is 9.88. The van der Waals surface area contributed by atoms with Crippen LogP contribution in [-0.2, 0) is 6.54 Å². The Morgan fingerprint density at radius 3 is 2.44 bits per heavy atom. The van der Waals surface area contributed by atoms with Crippen molar-refractivity contribution in [2.45, 2.75) is 48.4 Å². The molecule has 0 atom stereocenters. The van der Waals surface area contributed by atoms with Crippen LogP contribution in [0.25, 0.3) is 0 Å². The van der Waals surface area contributed by atoms with E-state index in [-0.39, 0.29) is 5.69 Å². The molecule has 1 heterocycles. The molecule has 1 aromatic heterocycles. The van der Waals surface area contributed by atoms with Crippen molar-refractivity contribution in [3.8, 4) is 11.8 Å². The number of carbonyl (C=O) groups is 1. The zero-order valence-corrected chi connectivity index (χ0v) is 18.6. The number of carboxylic acids is 1. The van der Waals surface area contributed by atoms with Gasteiger partial charge in [-0.3, -0.25) is 0 Å². The molecule has 1 saturated carbocycles. The van der Waals surface area contributed by atoms with Crippen LogP contribution in [0.1, 0.15) is 58.8 Å². The fourth-order valence-electron chi connectivity index (χ4n) is 4.06. The van der Waals surface area contributed by atoms with E-state index in [1.54, 1.807) is 23.6 Å². The van der Waals surface area contributed by atoms with Crippen molar-refractivity contribution in [1.29, 1.82) is 5.26 Å². The Balaban J connectivity index is 1.44. The molecule has 8 heteroatoms. The maximum atomic E-state index is 11.7. The predicted molar refractivity (Wildman–Crippen MR) is 121 cm³/mol. The van der Waals surface area contributed by atoms with Crippen LogP contribution in [0.2, 0.25) is 0 Å². The highest BCUT2D eigenvalue weighted by Gasteiger charge is 2.27. The van der Waals surface area contributed by atoms with Crippen molar-refractivity contribution in [3.63, 3.8) is 0 Å². The third kappa shape index (κ3) is 4.94. The van der Waals surface area contributed by atoms with E-state index in [0.29, 0.717) is 28.3 Å². The molecule has 0 radical (unpaired) electrons. The number of hydrogen-bond donors (Lipinski definition) is 1. The van der Waals surface area contributed by atoms with E-state index in [0.717, 1.165) is 37.0 Å². The van der Waals surface area contributed by atoms with Crippen LogP contribution >= 0.6 is 11.8 Å². The first-order chi connectivity index (χ1) is 15.6. The quantitative estimate of drug-likeness (QED) is 0.558. The van der Waals surface area contributed by atoms with Gasteiger partial charge in [0.1, 0.15) is 10.8 Å². The Morgan fingerprint density at radius 2 is 1.84 bits per heavy atom. The van der Waals surface area contributed by atoms with Gasteiger partial charge in [0.2, 0.25) is 5.69 Å². The molecule has 32 heavy (non-hydrogen) atoms. The number of benzene rings is 2. The number of carboxylic acid groups (broad SMARTS) is 1. The van der Waals surface area contributed by atoms with Crippen LogP contribution < -0.4 is 4.74 Å². The highest BCUT2D eigenvalue weighted by molar-refractivity contribution is 7.99. The minimum atomic E-state index is -1.06. The number of rotatable bonds is 7. The average molecular weight is 449 g/mol. The highest BCUT2D eigenvalue weighted by Crippen LogP contribution is 2.40. The summed E-state index contributed by atoms with van der Waals surface area (Å²) in [6.45, 7) is 0.452. The van der Waals surface area contributed by atoms with Crippen LogP contribution in [0.4, 0.5) is 0 Å². The van der Waals surface area contributed by atoms with Crippen LogP contribution in [0, 0.1) is 11.3 Å². The maximum Gasteiger partial charge on any atom is 0.359 e. The summed E-state index contributed by atoms with van der Waals surface area (Å²) in [5.41, 5.74) is 2.96. The molecule has 1 N–H and O–H groups in total. The number of nitriles is 1. The van der Waals surface area contributed by atoms with E-state index in [9.17, 15) is 9.90 Å². The maximum absolute atomic E-state index is 11.7. The van der Waals surface area contributed by atoms with Gasteiger partial charge in [-0.25, -0.2) is 9.48 Å². The molecule has 0 saturated heterocycles. The van der Waals surface area contributed by atoms with E-state index in [2.05, 4.69) is 16.4 Å². The number of methoxy groups -OCH3 is 1. The van der Waals surface area contributed by atoms with E-state index in [4.69, 9.17) is 10.00 Å². The van der Waals surface area contributed by atoms with Crippen molar-refractivity contribution < 1.29 is 14.6 Å². The summed E-state index contributed by atoms with van der Waals surface area (Å²) >= 11 is 1.57. The molecule has 1 aliphatic carbocycles. The number of ether oxygens (including phenoxy) is 1. The van der Waals surface area contributed by atoms with Crippen molar-refractivity contribution in [2.24, 2.45) is 0 Å². The van der Waals surface area contributed by atoms with Crippen LogP contribution in [0.5, 0.6) is 5.75 Å². The third-order valence-corrected chi connectivity index (χ3v) is 7.28. The molecule has 0 amide bonds. The molecule has 1 fully saturated rings. The normalized spacial score (nSPS) is 18.1. The summed E-state index contributed by atoms with van der Waals surface area (Å²) < 4.78 is 6.88. The number of hydrogen-bond acceptors (Lipinski definition) is 6. The average Bonchev–Trinajstić information content (AvgIpc) is 3.22. The van der Waals surface area contributed by atoms with Crippen molar-refractivity contribution in [2.75, 3.05) is 7.11 Å². The van der Waals surface area contributed by atoms with Gasteiger partial charge in [0.15, 0.2) is 0 Å². The minimum absolute atomic E-state index is 0.0118. The zero-order valence-electron chi connectivity index (χ0n) is 17.8. The minimum Gasteiger partial charge on any atom is -0.497 e. The molecule has 4 rings (SSSR count). The Hall–Kier alpha value is -3.31. The lowest BCUT2D eigenvalue weighted by Crippen LogP contribution is -2.16. The lowest BCUT2D eigenvalue weighted by Gasteiger charge is -2.28. The van der Waals surface area contributed by atoms with Gasteiger partial charge >= 0.3 is 5.97 Å². The van der Waals surface area contributed by atoms with E-state index in [1.165, 1.54) is 5.56 Å². The van der Waals surface area contributed by atoms with E-state index < -0.39 is 5.97 Å². The van der Waals surface area contributed by atoms with Gasteiger partial charge < -0.3 is 9.84 Å².